The molecule has 1 rings (SSSR count). The van der Waals surface area contributed by atoms with E-state index in [0.29, 0.717) is 12.5 Å². The van der Waals surface area contributed by atoms with Crippen LogP contribution in [0.3, 0.4) is 0 Å². The summed E-state index contributed by atoms with van der Waals surface area (Å²) in [5.41, 5.74) is 0. The van der Waals surface area contributed by atoms with Crippen LogP contribution in [0, 0.1) is 5.92 Å². The zero-order valence-electron chi connectivity index (χ0n) is 10.1. The average Bonchev–Trinajstić information content (AvgIpc) is 2.83. The fourth-order valence-corrected chi connectivity index (χ4v) is 1.61. The first-order chi connectivity index (χ1) is 7.72. The van der Waals surface area contributed by atoms with Gasteiger partial charge in [-0.2, -0.15) is 5.21 Å². The molecule has 6 heteroatoms. The molecular formula is C10H19N5O. The van der Waals surface area contributed by atoms with Crippen LogP contribution in [0.25, 0.3) is 0 Å². The van der Waals surface area contributed by atoms with Crippen molar-refractivity contribution in [2.45, 2.75) is 33.6 Å². The van der Waals surface area contributed by atoms with Crippen molar-refractivity contribution in [3.8, 4) is 0 Å². The second kappa shape index (κ2) is 6.19. The van der Waals surface area contributed by atoms with Gasteiger partial charge in [0.1, 0.15) is 0 Å². The van der Waals surface area contributed by atoms with E-state index in [-0.39, 0.29) is 11.7 Å². The van der Waals surface area contributed by atoms with E-state index in [4.69, 9.17) is 0 Å². The van der Waals surface area contributed by atoms with E-state index in [0.717, 1.165) is 19.4 Å². The standard InChI is InChI=1S/C10H19N5O/c1-4-8(5-2)7-15(6-3)10(16)9-11-13-14-12-9/h8H,4-7H2,1-3H3,(H,11,12,13,14). The van der Waals surface area contributed by atoms with Gasteiger partial charge in [-0.25, -0.2) is 0 Å². The second-order valence-electron chi connectivity index (χ2n) is 3.76. The third-order valence-corrected chi connectivity index (χ3v) is 2.84. The van der Waals surface area contributed by atoms with E-state index in [1.807, 2.05) is 6.92 Å². The highest BCUT2D eigenvalue weighted by atomic mass is 16.2. The Morgan fingerprint density at radius 2 is 2.06 bits per heavy atom. The number of aromatic nitrogens is 4. The number of amides is 1. The number of hydrogen-bond acceptors (Lipinski definition) is 4. The topological polar surface area (TPSA) is 74.8 Å². The number of carbonyl (C=O) groups excluding carboxylic acids is 1. The molecule has 1 aromatic rings. The van der Waals surface area contributed by atoms with E-state index in [1.54, 1.807) is 4.90 Å². The van der Waals surface area contributed by atoms with Gasteiger partial charge in [-0.05, 0) is 18.1 Å². The van der Waals surface area contributed by atoms with Crippen LogP contribution < -0.4 is 0 Å². The third-order valence-electron chi connectivity index (χ3n) is 2.84. The Balaban J connectivity index is 2.64. The number of rotatable bonds is 6. The lowest BCUT2D eigenvalue weighted by Crippen LogP contribution is -2.35. The molecule has 90 valence electrons. The van der Waals surface area contributed by atoms with Crippen LogP contribution in [0.15, 0.2) is 0 Å². The Bertz CT molecular complexity index is 307. The van der Waals surface area contributed by atoms with Crippen molar-refractivity contribution < 1.29 is 4.79 Å². The number of hydrogen-bond donors (Lipinski definition) is 1. The molecular weight excluding hydrogens is 206 g/mol. The van der Waals surface area contributed by atoms with Gasteiger partial charge in [-0.15, -0.1) is 10.2 Å². The molecule has 0 aliphatic carbocycles. The second-order valence-corrected chi connectivity index (χ2v) is 3.76. The van der Waals surface area contributed by atoms with Gasteiger partial charge in [0.25, 0.3) is 11.7 Å². The van der Waals surface area contributed by atoms with Crippen LogP contribution in [-0.4, -0.2) is 44.5 Å². The summed E-state index contributed by atoms with van der Waals surface area (Å²) in [5, 5.41) is 13.1. The first-order valence-electron chi connectivity index (χ1n) is 5.75. The minimum absolute atomic E-state index is 0.146. The van der Waals surface area contributed by atoms with Gasteiger partial charge in [0.2, 0.25) is 0 Å². The Labute approximate surface area is 95.4 Å². The van der Waals surface area contributed by atoms with Gasteiger partial charge >= 0.3 is 0 Å². The minimum atomic E-state index is -0.150. The summed E-state index contributed by atoms with van der Waals surface area (Å²) in [6.45, 7) is 7.67. The lowest BCUT2D eigenvalue weighted by atomic mass is 10.0. The van der Waals surface area contributed by atoms with Crippen LogP contribution in [0.5, 0.6) is 0 Å². The highest BCUT2D eigenvalue weighted by Gasteiger charge is 2.20. The lowest BCUT2D eigenvalue weighted by Gasteiger charge is -2.24. The van der Waals surface area contributed by atoms with Gasteiger partial charge in [0.05, 0.1) is 0 Å². The van der Waals surface area contributed by atoms with Crippen LogP contribution in [0.4, 0.5) is 0 Å². The lowest BCUT2D eigenvalue weighted by molar-refractivity contribution is 0.0722. The quantitative estimate of drug-likeness (QED) is 0.786. The fourth-order valence-electron chi connectivity index (χ4n) is 1.61. The zero-order chi connectivity index (χ0) is 12.0. The molecule has 16 heavy (non-hydrogen) atoms. The van der Waals surface area contributed by atoms with E-state index < -0.39 is 0 Å². The smallest absolute Gasteiger partial charge is 0.295 e. The summed E-state index contributed by atoms with van der Waals surface area (Å²) in [7, 11) is 0. The summed E-state index contributed by atoms with van der Waals surface area (Å²) in [6.07, 6.45) is 2.15. The summed E-state index contributed by atoms with van der Waals surface area (Å²) in [5.74, 6) is 0.534. The molecule has 1 aromatic heterocycles. The maximum atomic E-state index is 11.9. The Hall–Kier alpha value is -1.46. The molecule has 0 spiro atoms. The van der Waals surface area contributed by atoms with E-state index >= 15 is 0 Å². The number of aromatic amines is 1. The summed E-state index contributed by atoms with van der Waals surface area (Å²) in [4.78, 5) is 13.7. The first kappa shape index (κ1) is 12.6. The molecule has 0 saturated heterocycles. The van der Waals surface area contributed by atoms with Gasteiger partial charge in [-0.3, -0.25) is 4.79 Å². The number of tetrazole rings is 1. The summed E-state index contributed by atoms with van der Waals surface area (Å²) < 4.78 is 0. The molecule has 1 heterocycles. The van der Waals surface area contributed by atoms with Gasteiger partial charge in [-0.1, -0.05) is 26.7 Å². The number of nitrogens with zero attached hydrogens (tertiary/aromatic N) is 4. The fraction of sp³-hybridized carbons (Fsp3) is 0.800. The van der Waals surface area contributed by atoms with Crippen LogP contribution in [0.1, 0.15) is 44.2 Å². The molecule has 0 radical (unpaired) electrons. The van der Waals surface area contributed by atoms with Crippen molar-refractivity contribution >= 4 is 5.91 Å². The molecule has 0 unspecified atom stereocenters. The predicted molar refractivity (Wildman–Crippen MR) is 59.8 cm³/mol. The highest BCUT2D eigenvalue weighted by Crippen LogP contribution is 2.11. The first-order valence-corrected chi connectivity index (χ1v) is 5.75. The van der Waals surface area contributed by atoms with Crippen molar-refractivity contribution in [1.29, 1.82) is 0 Å². The van der Waals surface area contributed by atoms with E-state index in [9.17, 15) is 4.79 Å². The van der Waals surface area contributed by atoms with Crippen LogP contribution >= 0.6 is 0 Å². The molecule has 1 amide bonds. The molecule has 1 N–H and O–H groups in total. The highest BCUT2D eigenvalue weighted by molar-refractivity contribution is 5.90. The Morgan fingerprint density at radius 1 is 1.38 bits per heavy atom. The molecule has 0 bridgehead atoms. The maximum absolute atomic E-state index is 11.9. The predicted octanol–water partition coefficient (Wildman–Crippen LogP) is 1.10. The zero-order valence-corrected chi connectivity index (χ0v) is 10.1. The molecule has 6 nitrogen and oxygen atoms in total. The van der Waals surface area contributed by atoms with Crippen LogP contribution in [0.2, 0.25) is 0 Å². The minimum Gasteiger partial charge on any atom is -0.336 e. The van der Waals surface area contributed by atoms with E-state index in [2.05, 4.69) is 34.5 Å². The molecule has 0 fully saturated rings. The molecule has 0 aliphatic rings. The third kappa shape index (κ3) is 3.01. The SMILES string of the molecule is CCC(CC)CN(CC)C(=O)c1nn[nH]n1. The largest absolute Gasteiger partial charge is 0.336 e. The van der Waals surface area contributed by atoms with E-state index in [1.165, 1.54) is 0 Å². The van der Waals surface area contributed by atoms with Crippen molar-refractivity contribution in [2.24, 2.45) is 5.92 Å². The van der Waals surface area contributed by atoms with Gasteiger partial charge in [0.15, 0.2) is 0 Å². The summed E-state index contributed by atoms with van der Waals surface area (Å²) >= 11 is 0. The molecule has 0 aromatic carbocycles. The monoisotopic (exact) mass is 225 g/mol. The normalized spacial score (nSPS) is 10.8. The van der Waals surface area contributed by atoms with Crippen molar-refractivity contribution in [1.82, 2.24) is 25.5 Å². The summed E-state index contributed by atoms with van der Waals surface area (Å²) in [6, 6.07) is 0. The Morgan fingerprint density at radius 3 is 2.50 bits per heavy atom. The van der Waals surface area contributed by atoms with Crippen molar-refractivity contribution in [2.75, 3.05) is 13.1 Å². The molecule has 0 atom stereocenters. The molecule has 0 saturated carbocycles. The number of nitrogens with one attached hydrogen (secondary N) is 1. The Kier molecular flexibility index (Phi) is 4.88. The van der Waals surface area contributed by atoms with Crippen molar-refractivity contribution in [3.05, 3.63) is 5.82 Å². The number of carbonyl (C=O) groups is 1. The molecule has 0 aliphatic heterocycles. The van der Waals surface area contributed by atoms with Gasteiger partial charge in [0, 0.05) is 13.1 Å². The van der Waals surface area contributed by atoms with Crippen molar-refractivity contribution in [3.63, 3.8) is 0 Å². The van der Waals surface area contributed by atoms with Gasteiger partial charge < -0.3 is 4.90 Å². The average molecular weight is 225 g/mol. The number of H-pyrrole nitrogens is 1. The maximum Gasteiger partial charge on any atom is 0.295 e. The van der Waals surface area contributed by atoms with Crippen LogP contribution in [-0.2, 0) is 0 Å².